The maximum Gasteiger partial charge on any atom is 0.243 e. The van der Waals surface area contributed by atoms with Gasteiger partial charge in [-0.15, -0.1) is 0 Å². The molecular weight excluding hydrogens is 284 g/mol. The van der Waals surface area contributed by atoms with Crippen LogP contribution in [0, 0.1) is 5.92 Å². The second-order valence-corrected chi connectivity index (χ2v) is 6.53. The topological polar surface area (TPSA) is 99.3 Å². The molecule has 1 saturated heterocycles. The molecular formula is C15H28N4O3. The smallest absolute Gasteiger partial charge is 0.243 e. The molecule has 1 atom stereocenters. The summed E-state index contributed by atoms with van der Waals surface area (Å²) in [7, 11) is 0. The first kappa shape index (κ1) is 18.4. The fraction of sp³-hybridized carbons (Fsp3) is 0.800. The maximum atomic E-state index is 11.7. The van der Waals surface area contributed by atoms with Gasteiger partial charge in [-0.25, -0.2) is 0 Å². The second-order valence-electron chi connectivity index (χ2n) is 6.53. The summed E-state index contributed by atoms with van der Waals surface area (Å²) in [5.41, 5.74) is 0.0135. The van der Waals surface area contributed by atoms with E-state index in [2.05, 4.69) is 49.0 Å². The molecule has 1 unspecified atom stereocenters. The standard InChI is InChI=1S/C15H28N4O3/c1-10(2)15(3,4)18-8-7-16-13(21)9-17-14(22)11-5-6-12(20)19-11/h10-11,18H,5-9H2,1-4H3,(H,16,21)(H,17,22)(H,19,20). The van der Waals surface area contributed by atoms with Crippen molar-refractivity contribution < 1.29 is 14.4 Å². The minimum absolute atomic E-state index is 0.0135. The predicted molar refractivity (Wildman–Crippen MR) is 84.1 cm³/mol. The lowest BCUT2D eigenvalue weighted by atomic mass is 9.91. The van der Waals surface area contributed by atoms with Gasteiger partial charge in [0.15, 0.2) is 0 Å². The number of hydrogen-bond acceptors (Lipinski definition) is 4. The Kier molecular flexibility index (Phi) is 6.80. The highest BCUT2D eigenvalue weighted by atomic mass is 16.2. The van der Waals surface area contributed by atoms with Crippen LogP contribution in [0.1, 0.15) is 40.5 Å². The van der Waals surface area contributed by atoms with Gasteiger partial charge in [0.25, 0.3) is 0 Å². The fourth-order valence-corrected chi connectivity index (χ4v) is 1.95. The highest BCUT2D eigenvalue weighted by molar-refractivity contribution is 5.92. The lowest BCUT2D eigenvalue weighted by Crippen LogP contribution is -2.48. The predicted octanol–water partition coefficient (Wildman–Crippen LogP) is -0.478. The van der Waals surface area contributed by atoms with Gasteiger partial charge in [0, 0.05) is 25.0 Å². The maximum absolute atomic E-state index is 11.7. The van der Waals surface area contributed by atoms with Crippen molar-refractivity contribution in [3.8, 4) is 0 Å². The Morgan fingerprint density at radius 3 is 2.50 bits per heavy atom. The van der Waals surface area contributed by atoms with Crippen molar-refractivity contribution in [1.29, 1.82) is 0 Å². The molecule has 3 amide bonds. The summed E-state index contributed by atoms with van der Waals surface area (Å²) in [5.74, 6) is -0.172. The van der Waals surface area contributed by atoms with Gasteiger partial charge in [0.2, 0.25) is 17.7 Å². The van der Waals surface area contributed by atoms with E-state index < -0.39 is 6.04 Å². The molecule has 0 aromatic rings. The van der Waals surface area contributed by atoms with Gasteiger partial charge in [-0.1, -0.05) is 13.8 Å². The Morgan fingerprint density at radius 2 is 1.95 bits per heavy atom. The Bertz CT molecular complexity index is 421. The third-order valence-electron chi connectivity index (χ3n) is 4.21. The minimum Gasteiger partial charge on any atom is -0.353 e. The van der Waals surface area contributed by atoms with Crippen molar-refractivity contribution in [2.45, 2.75) is 52.1 Å². The van der Waals surface area contributed by atoms with Crippen LogP contribution in [0.15, 0.2) is 0 Å². The van der Waals surface area contributed by atoms with E-state index in [1.54, 1.807) is 0 Å². The Hall–Kier alpha value is -1.63. The summed E-state index contributed by atoms with van der Waals surface area (Å²) in [6.45, 7) is 9.63. The molecule has 0 spiro atoms. The molecule has 7 heteroatoms. The fourth-order valence-electron chi connectivity index (χ4n) is 1.95. The van der Waals surface area contributed by atoms with E-state index in [-0.39, 0.29) is 29.8 Å². The van der Waals surface area contributed by atoms with Crippen LogP contribution in [-0.4, -0.2) is 48.9 Å². The third-order valence-corrected chi connectivity index (χ3v) is 4.21. The van der Waals surface area contributed by atoms with Crippen molar-refractivity contribution >= 4 is 17.7 Å². The van der Waals surface area contributed by atoms with E-state index in [0.29, 0.717) is 31.8 Å². The molecule has 0 aliphatic carbocycles. The summed E-state index contributed by atoms with van der Waals surface area (Å²) in [6.07, 6.45) is 0.849. The lowest BCUT2D eigenvalue weighted by molar-refractivity contribution is -0.128. The second kappa shape index (κ2) is 8.12. The van der Waals surface area contributed by atoms with Crippen LogP contribution in [0.5, 0.6) is 0 Å². The minimum atomic E-state index is -0.506. The van der Waals surface area contributed by atoms with Crippen LogP contribution in [0.25, 0.3) is 0 Å². The van der Waals surface area contributed by atoms with Crippen LogP contribution in [0.4, 0.5) is 0 Å². The van der Waals surface area contributed by atoms with Crippen molar-refractivity contribution in [2.75, 3.05) is 19.6 Å². The number of amides is 3. The van der Waals surface area contributed by atoms with Gasteiger partial charge < -0.3 is 21.3 Å². The number of hydrogen-bond donors (Lipinski definition) is 4. The summed E-state index contributed by atoms with van der Waals surface area (Å²) in [4.78, 5) is 34.4. The quantitative estimate of drug-likeness (QED) is 0.455. The molecule has 4 N–H and O–H groups in total. The highest BCUT2D eigenvalue weighted by Gasteiger charge is 2.27. The molecule has 22 heavy (non-hydrogen) atoms. The van der Waals surface area contributed by atoms with Crippen LogP contribution < -0.4 is 21.3 Å². The first-order valence-electron chi connectivity index (χ1n) is 7.81. The largest absolute Gasteiger partial charge is 0.353 e. The molecule has 0 bridgehead atoms. The molecule has 126 valence electrons. The van der Waals surface area contributed by atoms with Crippen molar-refractivity contribution in [2.24, 2.45) is 5.92 Å². The first-order valence-corrected chi connectivity index (χ1v) is 7.81. The van der Waals surface area contributed by atoms with Gasteiger partial charge in [-0.2, -0.15) is 0 Å². The van der Waals surface area contributed by atoms with Crippen molar-refractivity contribution in [3.05, 3.63) is 0 Å². The summed E-state index contributed by atoms with van der Waals surface area (Å²) in [5, 5.41) is 11.2. The zero-order valence-electron chi connectivity index (χ0n) is 13.9. The average molecular weight is 312 g/mol. The normalized spacial score (nSPS) is 18.2. The van der Waals surface area contributed by atoms with Gasteiger partial charge in [0.05, 0.1) is 6.54 Å². The van der Waals surface area contributed by atoms with E-state index in [9.17, 15) is 14.4 Å². The number of nitrogens with one attached hydrogen (secondary N) is 4. The molecule has 0 radical (unpaired) electrons. The van der Waals surface area contributed by atoms with E-state index >= 15 is 0 Å². The third kappa shape index (κ3) is 6.01. The zero-order valence-corrected chi connectivity index (χ0v) is 13.9. The molecule has 1 aliphatic heterocycles. The van der Waals surface area contributed by atoms with Crippen molar-refractivity contribution in [3.63, 3.8) is 0 Å². The number of rotatable bonds is 8. The van der Waals surface area contributed by atoms with E-state index in [4.69, 9.17) is 0 Å². The van der Waals surface area contributed by atoms with Gasteiger partial charge in [-0.3, -0.25) is 14.4 Å². The molecule has 1 rings (SSSR count). The van der Waals surface area contributed by atoms with E-state index in [0.717, 1.165) is 0 Å². The van der Waals surface area contributed by atoms with Crippen LogP contribution in [-0.2, 0) is 14.4 Å². The molecule has 1 fully saturated rings. The molecule has 1 heterocycles. The molecule has 0 aromatic heterocycles. The molecule has 1 aliphatic rings. The zero-order chi connectivity index (χ0) is 16.8. The van der Waals surface area contributed by atoms with Crippen LogP contribution in [0.2, 0.25) is 0 Å². The van der Waals surface area contributed by atoms with Gasteiger partial charge in [-0.05, 0) is 26.2 Å². The molecule has 0 aromatic carbocycles. The highest BCUT2D eigenvalue weighted by Crippen LogP contribution is 2.14. The monoisotopic (exact) mass is 312 g/mol. The Morgan fingerprint density at radius 1 is 1.27 bits per heavy atom. The summed E-state index contributed by atoms with van der Waals surface area (Å²) in [6, 6.07) is -0.506. The average Bonchev–Trinajstić information content (AvgIpc) is 2.87. The van der Waals surface area contributed by atoms with E-state index in [1.165, 1.54) is 0 Å². The lowest BCUT2D eigenvalue weighted by Gasteiger charge is -2.30. The van der Waals surface area contributed by atoms with Crippen LogP contribution >= 0.6 is 0 Å². The Balaban J connectivity index is 2.14. The first-order chi connectivity index (χ1) is 10.2. The van der Waals surface area contributed by atoms with Crippen LogP contribution in [0.3, 0.4) is 0 Å². The van der Waals surface area contributed by atoms with Crippen molar-refractivity contribution in [1.82, 2.24) is 21.3 Å². The summed E-state index contributed by atoms with van der Waals surface area (Å²) < 4.78 is 0. The number of carbonyl (C=O) groups excluding carboxylic acids is 3. The summed E-state index contributed by atoms with van der Waals surface area (Å²) >= 11 is 0. The Labute approximate surface area is 132 Å². The van der Waals surface area contributed by atoms with E-state index in [1.807, 2.05) is 0 Å². The van der Waals surface area contributed by atoms with Gasteiger partial charge in [0.1, 0.15) is 6.04 Å². The number of carbonyl (C=O) groups is 3. The molecule has 0 saturated carbocycles. The van der Waals surface area contributed by atoms with Gasteiger partial charge >= 0.3 is 0 Å². The SMILES string of the molecule is CC(C)C(C)(C)NCCNC(=O)CNC(=O)C1CCC(=O)N1. The molecule has 7 nitrogen and oxygen atoms in total.